The summed E-state index contributed by atoms with van der Waals surface area (Å²) >= 11 is 0. The van der Waals surface area contributed by atoms with Crippen molar-refractivity contribution in [2.75, 3.05) is 33.2 Å². The highest BCUT2D eigenvalue weighted by Crippen LogP contribution is 2.59. The summed E-state index contributed by atoms with van der Waals surface area (Å²) in [6, 6.07) is 0.672. The molecule has 3 rings (SSSR count). The molecular weight excluding hydrogens is 210 g/mol. The molecule has 3 fully saturated rings. The standard InChI is InChI=1S/C14H27N3/c1-11-9-16(2)6-3-7-17(11)14(10-15)5-4-12-8-13(12)14/h11-13H,3-10,15H2,1-2H3. The predicted octanol–water partition coefficient (Wildman–Crippen LogP) is 1.14. The summed E-state index contributed by atoms with van der Waals surface area (Å²) in [5.41, 5.74) is 6.58. The Kier molecular flexibility index (Phi) is 2.96. The highest BCUT2D eigenvalue weighted by Gasteiger charge is 2.60. The van der Waals surface area contributed by atoms with Gasteiger partial charge in [0, 0.05) is 31.2 Å². The lowest BCUT2D eigenvalue weighted by molar-refractivity contribution is 0.0439. The topological polar surface area (TPSA) is 32.5 Å². The van der Waals surface area contributed by atoms with Gasteiger partial charge in [-0.05, 0) is 58.0 Å². The first-order chi connectivity index (χ1) is 8.17. The molecule has 17 heavy (non-hydrogen) atoms. The quantitative estimate of drug-likeness (QED) is 0.782. The van der Waals surface area contributed by atoms with E-state index in [9.17, 15) is 0 Å². The van der Waals surface area contributed by atoms with Gasteiger partial charge in [-0.2, -0.15) is 0 Å². The van der Waals surface area contributed by atoms with Crippen LogP contribution in [-0.4, -0.2) is 54.6 Å². The van der Waals surface area contributed by atoms with Gasteiger partial charge in [-0.3, -0.25) is 4.90 Å². The van der Waals surface area contributed by atoms with Crippen LogP contribution in [0.25, 0.3) is 0 Å². The van der Waals surface area contributed by atoms with Crippen molar-refractivity contribution in [1.82, 2.24) is 9.80 Å². The van der Waals surface area contributed by atoms with Crippen LogP contribution in [0.2, 0.25) is 0 Å². The molecule has 1 heterocycles. The van der Waals surface area contributed by atoms with Crippen LogP contribution in [0.1, 0.15) is 32.6 Å². The summed E-state index contributed by atoms with van der Waals surface area (Å²) < 4.78 is 0. The van der Waals surface area contributed by atoms with E-state index >= 15 is 0 Å². The fourth-order valence-electron chi connectivity index (χ4n) is 4.61. The number of hydrogen-bond acceptors (Lipinski definition) is 3. The van der Waals surface area contributed by atoms with Crippen LogP contribution >= 0.6 is 0 Å². The summed E-state index contributed by atoms with van der Waals surface area (Å²) in [6.07, 6.45) is 5.55. The van der Waals surface area contributed by atoms with Crippen LogP contribution in [-0.2, 0) is 0 Å². The minimum absolute atomic E-state index is 0.370. The highest BCUT2D eigenvalue weighted by molar-refractivity contribution is 5.14. The third-order valence-electron chi connectivity index (χ3n) is 5.53. The maximum Gasteiger partial charge on any atom is 0.0366 e. The fourth-order valence-corrected chi connectivity index (χ4v) is 4.61. The molecule has 0 aromatic heterocycles. The molecule has 4 atom stereocenters. The Labute approximate surface area is 105 Å². The fraction of sp³-hybridized carbons (Fsp3) is 1.00. The first-order valence-electron chi connectivity index (χ1n) is 7.33. The van der Waals surface area contributed by atoms with E-state index in [1.165, 1.54) is 45.3 Å². The van der Waals surface area contributed by atoms with Crippen LogP contribution in [0.5, 0.6) is 0 Å². The molecule has 0 aromatic rings. The van der Waals surface area contributed by atoms with Crippen molar-refractivity contribution in [3.8, 4) is 0 Å². The average molecular weight is 237 g/mol. The Morgan fingerprint density at radius 3 is 2.76 bits per heavy atom. The second-order valence-corrected chi connectivity index (χ2v) is 6.61. The van der Waals surface area contributed by atoms with Crippen molar-refractivity contribution in [2.45, 2.75) is 44.2 Å². The summed E-state index contributed by atoms with van der Waals surface area (Å²) in [5.74, 6) is 1.95. The second kappa shape index (κ2) is 4.22. The number of nitrogens with two attached hydrogens (primary N) is 1. The Hall–Kier alpha value is -0.120. The van der Waals surface area contributed by atoms with Gasteiger partial charge >= 0.3 is 0 Å². The Bertz CT molecular complexity index is 293. The van der Waals surface area contributed by atoms with Gasteiger partial charge in [-0.25, -0.2) is 0 Å². The van der Waals surface area contributed by atoms with Crippen molar-refractivity contribution in [2.24, 2.45) is 17.6 Å². The zero-order chi connectivity index (χ0) is 12.0. The SMILES string of the molecule is CC1CN(C)CCCN1C1(CN)CCC2CC21. The number of nitrogens with zero attached hydrogens (tertiary/aromatic N) is 2. The molecular formula is C14H27N3. The van der Waals surface area contributed by atoms with E-state index < -0.39 is 0 Å². The molecule has 2 saturated carbocycles. The molecule has 4 unspecified atom stereocenters. The lowest BCUT2D eigenvalue weighted by Crippen LogP contribution is -2.58. The van der Waals surface area contributed by atoms with Gasteiger partial charge in [-0.1, -0.05) is 0 Å². The van der Waals surface area contributed by atoms with E-state index in [4.69, 9.17) is 5.73 Å². The van der Waals surface area contributed by atoms with Gasteiger partial charge in [-0.15, -0.1) is 0 Å². The molecule has 0 aromatic carbocycles. The van der Waals surface area contributed by atoms with Crippen molar-refractivity contribution >= 4 is 0 Å². The molecule has 3 nitrogen and oxygen atoms in total. The minimum atomic E-state index is 0.370. The molecule has 3 heteroatoms. The van der Waals surface area contributed by atoms with Gasteiger partial charge < -0.3 is 10.6 Å². The smallest absolute Gasteiger partial charge is 0.0366 e. The molecule has 0 amide bonds. The summed E-state index contributed by atoms with van der Waals surface area (Å²) in [7, 11) is 2.25. The van der Waals surface area contributed by atoms with Crippen LogP contribution in [0.4, 0.5) is 0 Å². The minimum Gasteiger partial charge on any atom is -0.329 e. The van der Waals surface area contributed by atoms with Crippen molar-refractivity contribution in [3.05, 3.63) is 0 Å². The van der Waals surface area contributed by atoms with Gasteiger partial charge in [0.25, 0.3) is 0 Å². The summed E-state index contributed by atoms with van der Waals surface area (Å²) in [5, 5.41) is 0. The van der Waals surface area contributed by atoms with Gasteiger partial charge in [0.1, 0.15) is 0 Å². The molecule has 98 valence electrons. The molecule has 0 radical (unpaired) electrons. The van der Waals surface area contributed by atoms with Crippen LogP contribution in [0.15, 0.2) is 0 Å². The molecule has 2 aliphatic carbocycles. The average Bonchev–Trinajstić information content (AvgIpc) is 3.03. The first-order valence-corrected chi connectivity index (χ1v) is 7.33. The Morgan fingerprint density at radius 2 is 2.18 bits per heavy atom. The van der Waals surface area contributed by atoms with Crippen LogP contribution < -0.4 is 5.73 Å². The molecule has 2 N–H and O–H groups in total. The van der Waals surface area contributed by atoms with E-state index in [0.717, 1.165) is 18.4 Å². The van der Waals surface area contributed by atoms with E-state index in [-0.39, 0.29) is 0 Å². The lowest BCUT2D eigenvalue weighted by Gasteiger charge is -2.45. The largest absolute Gasteiger partial charge is 0.329 e. The Balaban J connectivity index is 1.81. The first kappa shape index (κ1) is 11.9. The number of fused-ring (bicyclic) bond motifs is 1. The van der Waals surface area contributed by atoms with Gasteiger partial charge in [0.2, 0.25) is 0 Å². The molecule has 1 aliphatic heterocycles. The monoisotopic (exact) mass is 237 g/mol. The van der Waals surface area contributed by atoms with Crippen LogP contribution in [0, 0.1) is 11.8 Å². The molecule has 1 saturated heterocycles. The van der Waals surface area contributed by atoms with Crippen molar-refractivity contribution < 1.29 is 0 Å². The maximum absolute atomic E-state index is 6.21. The van der Waals surface area contributed by atoms with Crippen molar-refractivity contribution in [3.63, 3.8) is 0 Å². The number of hydrogen-bond donors (Lipinski definition) is 1. The van der Waals surface area contributed by atoms with Crippen molar-refractivity contribution in [1.29, 1.82) is 0 Å². The second-order valence-electron chi connectivity index (χ2n) is 6.61. The predicted molar refractivity (Wildman–Crippen MR) is 70.9 cm³/mol. The summed E-state index contributed by atoms with van der Waals surface area (Å²) in [4.78, 5) is 5.27. The van der Waals surface area contributed by atoms with Gasteiger partial charge in [0.15, 0.2) is 0 Å². The molecule has 3 aliphatic rings. The summed E-state index contributed by atoms with van der Waals surface area (Å²) in [6.45, 7) is 6.98. The van der Waals surface area contributed by atoms with Gasteiger partial charge in [0.05, 0.1) is 0 Å². The third-order valence-corrected chi connectivity index (χ3v) is 5.53. The number of rotatable bonds is 2. The Morgan fingerprint density at radius 1 is 1.35 bits per heavy atom. The number of likely N-dealkylation sites (N-methyl/N-ethyl adjacent to an activating group) is 1. The lowest BCUT2D eigenvalue weighted by atomic mass is 9.89. The van der Waals surface area contributed by atoms with E-state index in [1.807, 2.05) is 0 Å². The third kappa shape index (κ3) is 1.83. The van der Waals surface area contributed by atoms with Crippen LogP contribution in [0.3, 0.4) is 0 Å². The highest BCUT2D eigenvalue weighted by atomic mass is 15.3. The molecule has 0 spiro atoms. The zero-order valence-electron chi connectivity index (χ0n) is 11.4. The zero-order valence-corrected chi connectivity index (χ0v) is 11.4. The van der Waals surface area contributed by atoms with E-state index in [0.29, 0.717) is 11.6 Å². The molecule has 0 bridgehead atoms. The maximum atomic E-state index is 6.21. The van der Waals surface area contributed by atoms with E-state index in [2.05, 4.69) is 23.8 Å². The van der Waals surface area contributed by atoms with E-state index in [1.54, 1.807) is 0 Å². The normalized spacial score (nSPS) is 47.8.